The number of urea groups is 1. The van der Waals surface area contributed by atoms with Gasteiger partial charge in [0.2, 0.25) is 5.95 Å². The normalized spacial score (nSPS) is 10.8. The number of nitrogens with one attached hydrogen (secondary N) is 3. The number of ether oxygens (including phenoxy) is 1. The zero-order chi connectivity index (χ0) is 21.1. The fraction of sp³-hybridized carbons (Fsp3) is 0.182. The Bertz CT molecular complexity index is 1200. The van der Waals surface area contributed by atoms with Gasteiger partial charge in [-0.1, -0.05) is 6.07 Å². The third kappa shape index (κ3) is 3.80. The standard InChI is InChI=1S/C22H22N6O2/c1-4-23-22(29)28-21-26-17-11-15(14-8-7-13(2)25-12-14)10-16(19(17)27-21)20-18(30-3)6-5-9-24-20/h5-12H,4H2,1-3H3,(H3,23,26,27,28,29). The molecule has 1 aromatic carbocycles. The summed E-state index contributed by atoms with van der Waals surface area (Å²) in [5.41, 5.74) is 5.79. The number of nitrogens with zero attached hydrogens (tertiary/aromatic N) is 3. The molecule has 0 saturated carbocycles. The molecule has 3 aromatic heterocycles. The Hall–Kier alpha value is -3.94. The van der Waals surface area contributed by atoms with Gasteiger partial charge in [0, 0.05) is 35.8 Å². The lowest BCUT2D eigenvalue weighted by Gasteiger charge is -2.10. The first-order chi connectivity index (χ1) is 14.6. The predicted octanol–water partition coefficient (Wildman–Crippen LogP) is 4.15. The molecular weight excluding hydrogens is 380 g/mol. The Morgan fingerprint density at radius 2 is 2.03 bits per heavy atom. The molecule has 0 radical (unpaired) electrons. The summed E-state index contributed by atoms with van der Waals surface area (Å²) < 4.78 is 5.52. The van der Waals surface area contributed by atoms with Gasteiger partial charge in [0.25, 0.3) is 0 Å². The monoisotopic (exact) mass is 402 g/mol. The highest BCUT2D eigenvalue weighted by molar-refractivity contribution is 5.98. The van der Waals surface area contributed by atoms with E-state index in [0.717, 1.165) is 27.9 Å². The maximum Gasteiger partial charge on any atom is 0.321 e. The number of carbonyl (C=O) groups is 1. The van der Waals surface area contributed by atoms with Crippen molar-refractivity contribution in [1.82, 2.24) is 25.3 Å². The topological polar surface area (TPSA) is 105 Å². The van der Waals surface area contributed by atoms with Crippen molar-refractivity contribution in [3.8, 4) is 28.1 Å². The summed E-state index contributed by atoms with van der Waals surface area (Å²) in [5.74, 6) is 0.997. The van der Waals surface area contributed by atoms with Gasteiger partial charge in [0.1, 0.15) is 11.4 Å². The Kier molecular flexibility index (Phi) is 5.30. The number of fused-ring (bicyclic) bond motifs is 1. The van der Waals surface area contributed by atoms with Gasteiger partial charge in [-0.05, 0) is 49.7 Å². The fourth-order valence-corrected chi connectivity index (χ4v) is 3.23. The molecule has 0 aliphatic rings. The van der Waals surface area contributed by atoms with Crippen LogP contribution in [0.5, 0.6) is 5.75 Å². The lowest BCUT2D eigenvalue weighted by atomic mass is 10.0. The maximum absolute atomic E-state index is 11.9. The van der Waals surface area contributed by atoms with E-state index in [9.17, 15) is 4.79 Å². The summed E-state index contributed by atoms with van der Waals surface area (Å²) in [7, 11) is 1.61. The quantitative estimate of drug-likeness (QED) is 0.465. The smallest absolute Gasteiger partial charge is 0.321 e. The largest absolute Gasteiger partial charge is 0.494 e. The number of anilines is 1. The second-order valence-electron chi connectivity index (χ2n) is 6.73. The molecule has 0 aliphatic carbocycles. The van der Waals surface area contributed by atoms with Crippen molar-refractivity contribution in [2.24, 2.45) is 0 Å². The van der Waals surface area contributed by atoms with Crippen LogP contribution >= 0.6 is 0 Å². The molecule has 0 aliphatic heterocycles. The molecule has 0 spiro atoms. The number of hydrogen-bond acceptors (Lipinski definition) is 5. The van der Waals surface area contributed by atoms with Crippen LogP contribution in [0.15, 0.2) is 48.8 Å². The highest BCUT2D eigenvalue weighted by Gasteiger charge is 2.17. The van der Waals surface area contributed by atoms with E-state index < -0.39 is 0 Å². The minimum Gasteiger partial charge on any atom is -0.494 e. The van der Waals surface area contributed by atoms with E-state index in [0.29, 0.717) is 29.5 Å². The van der Waals surface area contributed by atoms with Crippen LogP contribution < -0.4 is 15.4 Å². The minimum atomic E-state index is -0.323. The Balaban J connectivity index is 1.90. The van der Waals surface area contributed by atoms with Gasteiger partial charge in [0.05, 0.1) is 18.1 Å². The van der Waals surface area contributed by atoms with E-state index in [-0.39, 0.29) is 6.03 Å². The number of aromatic nitrogens is 4. The Morgan fingerprint density at radius 1 is 1.17 bits per heavy atom. The van der Waals surface area contributed by atoms with Crippen LogP contribution in [0.3, 0.4) is 0 Å². The second-order valence-corrected chi connectivity index (χ2v) is 6.73. The summed E-state index contributed by atoms with van der Waals surface area (Å²) >= 11 is 0. The van der Waals surface area contributed by atoms with Crippen molar-refractivity contribution >= 4 is 23.0 Å². The van der Waals surface area contributed by atoms with Crippen molar-refractivity contribution in [3.63, 3.8) is 0 Å². The first kappa shape index (κ1) is 19.4. The van der Waals surface area contributed by atoms with Crippen molar-refractivity contribution in [3.05, 3.63) is 54.5 Å². The van der Waals surface area contributed by atoms with E-state index in [2.05, 4.69) is 30.6 Å². The third-order valence-corrected chi connectivity index (χ3v) is 4.65. The number of methoxy groups -OCH3 is 1. The van der Waals surface area contributed by atoms with E-state index in [1.54, 1.807) is 13.3 Å². The molecule has 8 nitrogen and oxygen atoms in total. The summed E-state index contributed by atoms with van der Waals surface area (Å²) in [6.07, 6.45) is 3.55. The number of carbonyl (C=O) groups excluding carboxylic acids is 1. The van der Waals surface area contributed by atoms with Gasteiger partial charge in [-0.15, -0.1) is 0 Å². The first-order valence-electron chi connectivity index (χ1n) is 9.60. The molecule has 8 heteroatoms. The summed E-state index contributed by atoms with van der Waals surface area (Å²) in [6.45, 7) is 4.32. The zero-order valence-corrected chi connectivity index (χ0v) is 17.0. The second kappa shape index (κ2) is 8.20. The van der Waals surface area contributed by atoms with Crippen molar-refractivity contribution in [1.29, 1.82) is 0 Å². The van der Waals surface area contributed by atoms with Crippen LogP contribution in [0.2, 0.25) is 0 Å². The van der Waals surface area contributed by atoms with E-state index in [1.165, 1.54) is 0 Å². The van der Waals surface area contributed by atoms with Crippen LogP contribution in [0.4, 0.5) is 10.7 Å². The average Bonchev–Trinajstić information content (AvgIpc) is 3.16. The molecule has 0 saturated heterocycles. The SMILES string of the molecule is CCNC(=O)Nc1nc2cc(-c3ccc(C)nc3)cc(-c3ncccc3OC)c2[nH]1. The lowest BCUT2D eigenvalue weighted by Crippen LogP contribution is -2.28. The molecule has 0 unspecified atom stereocenters. The van der Waals surface area contributed by atoms with Crippen molar-refractivity contribution in [2.75, 3.05) is 19.0 Å². The maximum atomic E-state index is 11.9. The molecule has 0 atom stereocenters. The third-order valence-electron chi connectivity index (χ3n) is 4.65. The molecule has 4 rings (SSSR count). The van der Waals surface area contributed by atoms with E-state index in [4.69, 9.17) is 4.74 Å². The van der Waals surface area contributed by atoms with Crippen LogP contribution in [0.25, 0.3) is 33.4 Å². The highest BCUT2D eigenvalue weighted by Crippen LogP contribution is 2.36. The van der Waals surface area contributed by atoms with Crippen molar-refractivity contribution < 1.29 is 9.53 Å². The summed E-state index contributed by atoms with van der Waals surface area (Å²) in [4.78, 5) is 28.6. The molecule has 0 fully saturated rings. The Labute approximate surface area is 173 Å². The molecule has 2 amide bonds. The van der Waals surface area contributed by atoms with Gasteiger partial charge >= 0.3 is 6.03 Å². The highest BCUT2D eigenvalue weighted by atomic mass is 16.5. The summed E-state index contributed by atoms with van der Waals surface area (Å²) in [5, 5.41) is 5.42. The van der Waals surface area contributed by atoms with Gasteiger partial charge in [-0.25, -0.2) is 9.78 Å². The van der Waals surface area contributed by atoms with Crippen molar-refractivity contribution in [2.45, 2.75) is 13.8 Å². The number of benzene rings is 1. The number of hydrogen-bond donors (Lipinski definition) is 3. The van der Waals surface area contributed by atoms with Gasteiger partial charge < -0.3 is 15.0 Å². The average molecular weight is 402 g/mol. The number of H-pyrrole nitrogens is 1. The van der Waals surface area contributed by atoms with E-state index >= 15 is 0 Å². The molecule has 4 aromatic rings. The van der Waals surface area contributed by atoms with Crippen LogP contribution in [-0.2, 0) is 0 Å². The Morgan fingerprint density at radius 3 is 2.77 bits per heavy atom. The van der Waals surface area contributed by atoms with Gasteiger partial charge in [-0.2, -0.15) is 0 Å². The zero-order valence-electron chi connectivity index (χ0n) is 17.0. The van der Waals surface area contributed by atoms with Crippen LogP contribution in [0.1, 0.15) is 12.6 Å². The van der Waals surface area contributed by atoms with Crippen LogP contribution in [0, 0.1) is 6.92 Å². The number of aromatic amines is 1. The molecular formula is C22H22N6O2. The number of rotatable bonds is 5. The molecule has 0 bridgehead atoms. The predicted molar refractivity (Wildman–Crippen MR) is 117 cm³/mol. The van der Waals surface area contributed by atoms with E-state index in [1.807, 2.05) is 56.4 Å². The fourth-order valence-electron chi connectivity index (χ4n) is 3.23. The number of pyridine rings is 2. The first-order valence-corrected chi connectivity index (χ1v) is 9.60. The minimum absolute atomic E-state index is 0.323. The lowest BCUT2D eigenvalue weighted by molar-refractivity contribution is 0.252. The summed E-state index contributed by atoms with van der Waals surface area (Å²) in [6, 6.07) is 11.3. The molecule has 152 valence electrons. The number of amides is 2. The molecule has 3 N–H and O–H groups in total. The molecule has 30 heavy (non-hydrogen) atoms. The number of aryl methyl sites for hydroxylation is 1. The molecule has 3 heterocycles. The van der Waals surface area contributed by atoms with Gasteiger partial charge in [0.15, 0.2) is 0 Å². The van der Waals surface area contributed by atoms with Gasteiger partial charge in [-0.3, -0.25) is 15.3 Å². The number of imidazole rings is 1. The van der Waals surface area contributed by atoms with Crippen LogP contribution in [-0.4, -0.2) is 39.6 Å².